The molecule has 24 heavy (non-hydrogen) atoms. The van der Waals surface area contributed by atoms with Crippen molar-refractivity contribution >= 4 is 29.3 Å². The largest absolute Gasteiger partial charge is 0.347 e. The number of piperidine rings is 3. The van der Waals surface area contributed by atoms with Crippen LogP contribution in [0.3, 0.4) is 0 Å². The maximum absolute atomic E-state index is 12.8. The van der Waals surface area contributed by atoms with Crippen molar-refractivity contribution in [3.8, 4) is 0 Å². The van der Waals surface area contributed by atoms with Crippen molar-refractivity contribution in [1.29, 1.82) is 0 Å². The number of aryl methyl sites for hydroxylation is 1. The van der Waals surface area contributed by atoms with Crippen molar-refractivity contribution in [2.45, 2.75) is 38.3 Å². The molecule has 3 fully saturated rings. The minimum absolute atomic E-state index is 0. The number of benzene rings is 1. The van der Waals surface area contributed by atoms with Crippen molar-refractivity contribution in [3.63, 3.8) is 0 Å². The average Bonchev–Trinajstić information content (AvgIpc) is 2.92. The Morgan fingerprint density at radius 3 is 2.67 bits per heavy atom. The summed E-state index contributed by atoms with van der Waals surface area (Å²) in [5.74, 6) is 0.613. The molecule has 2 bridgehead atoms. The average molecular weight is 349 g/mol. The zero-order valence-corrected chi connectivity index (χ0v) is 15.3. The van der Waals surface area contributed by atoms with Crippen LogP contribution < -0.4 is 5.32 Å². The van der Waals surface area contributed by atoms with Crippen LogP contribution in [0.1, 0.15) is 37.0 Å². The van der Waals surface area contributed by atoms with Gasteiger partial charge in [-0.2, -0.15) is 0 Å². The van der Waals surface area contributed by atoms with Crippen LogP contribution in [0.25, 0.3) is 11.0 Å². The van der Waals surface area contributed by atoms with Crippen LogP contribution in [-0.4, -0.2) is 45.0 Å². The van der Waals surface area contributed by atoms with Crippen LogP contribution in [-0.2, 0) is 7.05 Å². The second-order valence-electron chi connectivity index (χ2n) is 7.49. The lowest BCUT2D eigenvalue weighted by atomic mass is 9.72. The zero-order chi connectivity index (χ0) is 16.2. The van der Waals surface area contributed by atoms with Gasteiger partial charge in [-0.15, -0.1) is 12.4 Å². The van der Waals surface area contributed by atoms with Gasteiger partial charge in [-0.1, -0.05) is 0 Å². The Hall–Kier alpha value is -1.59. The summed E-state index contributed by atoms with van der Waals surface area (Å²) in [6, 6.07) is 5.97. The van der Waals surface area contributed by atoms with Gasteiger partial charge in [0.05, 0.1) is 17.4 Å². The fraction of sp³-hybridized carbons (Fsp3) is 0.556. The molecule has 0 spiro atoms. The SMILES string of the molecule is Cl.Cn1cnc2cc(C(=O)NC3C4CCN(CC4)C3(C)C)ccc21. The lowest BCUT2D eigenvalue weighted by Crippen LogP contribution is -2.69. The first kappa shape index (κ1) is 17.2. The van der Waals surface area contributed by atoms with Crippen LogP contribution in [0.4, 0.5) is 0 Å². The molecular formula is C18H25ClN4O. The van der Waals surface area contributed by atoms with E-state index in [0.29, 0.717) is 11.5 Å². The molecule has 2 aromatic rings. The third kappa shape index (κ3) is 2.60. The molecular weight excluding hydrogens is 324 g/mol. The van der Waals surface area contributed by atoms with Crippen LogP contribution >= 0.6 is 12.4 Å². The molecule has 1 atom stereocenters. The minimum Gasteiger partial charge on any atom is -0.347 e. The highest BCUT2D eigenvalue weighted by atomic mass is 35.5. The molecule has 0 radical (unpaired) electrons. The highest BCUT2D eigenvalue weighted by Crippen LogP contribution is 2.39. The molecule has 3 saturated heterocycles. The number of aromatic nitrogens is 2. The molecule has 4 heterocycles. The van der Waals surface area contributed by atoms with E-state index in [9.17, 15) is 4.79 Å². The molecule has 3 aliphatic heterocycles. The monoisotopic (exact) mass is 348 g/mol. The second-order valence-corrected chi connectivity index (χ2v) is 7.49. The summed E-state index contributed by atoms with van der Waals surface area (Å²) in [5.41, 5.74) is 2.65. The first-order valence-electron chi connectivity index (χ1n) is 8.44. The quantitative estimate of drug-likeness (QED) is 0.907. The third-order valence-electron chi connectivity index (χ3n) is 5.86. The number of hydrogen-bond donors (Lipinski definition) is 1. The van der Waals surface area contributed by atoms with E-state index in [2.05, 4.69) is 29.0 Å². The number of hydrogen-bond acceptors (Lipinski definition) is 3. The predicted molar refractivity (Wildman–Crippen MR) is 97.6 cm³/mol. The standard InChI is InChI=1S/C18H24N4O.ClH/c1-18(2)16(12-6-8-22(18)9-7-12)20-17(23)13-4-5-15-14(10-13)19-11-21(15)3;/h4-5,10-12,16H,6-9H2,1-3H3,(H,20,23);1H. The van der Waals surface area contributed by atoms with E-state index in [-0.39, 0.29) is 29.9 Å². The fourth-order valence-corrected chi connectivity index (χ4v) is 4.38. The Labute approximate surface area is 148 Å². The smallest absolute Gasteiger partial charge is 0.251 e. The predicted octanol–water partition coefficient (Wildman–Crippen LogP) is 2.60. The Balaban J connectivity index is 0.00000169. The molecule has 5 rings (SSSR count). The van der Waals surface area contributed by atoms with Crippen LogP contribution in [0, 0.1) is 5.92 Å². The topological polar surface area (TPSA) is 50.2 Å². The summed E-state index contributed by atoms with van der Waals surface area (Å²) in [6.45, 7) is 6.82. The van der Waals surface area contributed by atoms with Crippen molar-refractivity contribution in [1.82, 2.24) is 19.8 Å². The summed E-state index contributed by atoms with van der Waals surface area (Å²) in [7, 11) is 1.96. The van der Waals surface area contributed by atoms with E-state index < -0.39 is 0 Å². The molecule has 130 valence electrons. The molecule has 0 aliphatic carbocycles. The van der Waals surface area contributed by atoms with Gasteiger partial charge in [-0.05, 0) is 63.9 Å². The van der Waals surface area contributed by atoms with Crippen molar-refractivity contribution in [3.05, 3.63) is 30.1 Å². The lowest BCUT2D eigenvalue weighted by molar-refractivity contribution is -0.0378. The van der Waals surface area contributed by atoms with Gasteiger partial charge >= 0.3 is 0 Å². The molecule has 6 heteroatoms. The summed E-state index contributed by atoms with van der Waals surface area (Å²) in [4.78, 5) is 19.6. The minimum atomic E-state index is 0. The molecule has 1 amide bonds. The number of carbonyl (C=O) groups excluding carboxylic acids is 1. The first-order valence-corrected chi connectivity index (χ1v) is 8.44. The number of imidazole rings is 1. The van der Waals surface area contributed by atoms with Gasteiger partial charge in [0.15, 0.2) is 0 Å². The number of halogens is 1. The van der Waals surface area contributed by atoms with Gasteiger partial charge in [0.1, 0.15) is 0 Å². The van der Waals surface area contributed by atoms with Crippen LogP contribution in [0.2, 0.25) is 0 Å². The van der Waals surface area contributed by atoms with Crippen LogP contribution in [0.5, 0.6) is 0 Å². The first-order chi connectivity index (χ1) is 11.0. The van der Waals surface area contributed by atoms with Gasteiger partial charge in [0.25, 0.3) is 5.91 Å². The maximum Gasteiger partial charge on any atom is 0.251 e. The summed E-state index contributed by atoms with van der Waals surface area (Å²) >= 11 is 0. The highest BCUT2D eigenvalue weighted by Gasteiger charge is 2.48. The lowest BCUT2D eigenvalue weighted by Gasteiger charge is -2.56. The number of fused-ring (bicyclic) bond motifs is 4. The molecule has 1 unspecified atom stereocenters. The zero-order valence-electron chi connectivity index (χ0n) is 14.5. The Bertz CT molecular complexity index is 761. The van der Waals surface area contributed by atoms with E-state index >= 15 is 0 Å². The maximum atomic E-state index is 12.8. The second kappa shape index (κ2) is 6.05. The third-order valence-corrected chi connectivity index (χ3v) is 5.86. The normalized spacial score (nSPS) is 27.7. The number of amides is 1. The van der Waals surface area contributed by atoms with E-state index in [1.807, 2.05) is 29.8 Å². The van der Waals surface area contributed by atoms with Crippen molar-refractivity contribution < 1.29 is 4.79 Å². The Morgan fingerprint density at radius 2 is 2.00 bits per heavy atom. The van der Waals surface area contributed by atoms with Crippen molar-refractivity contribution in [2.24, 2.45) is 13.0 Å². The van der Waals surface area contributed by atoms with Gasteiger partial charge in [0.2, 0.25) is 0 Å². The molecule has 1 aromatic heterocycles. The van der Waals surface area contributed by atoms with Crippen molar-refractivity contribution in [2.75, 3.05) is 13.1 Å². The van der Waals surface area contributed by atoms with Gasteiger partial charge in [-0.25, -0.2) is 4.98 Å². The van der Waals surface area contributed by atoms with Gasteiger partial charge in [-0.3, -0.25) is 9.69 Å². The van der Waals surface area contributed by atoms with E-state index in [1.54, 1.807) is 6.33 Å². The number of carbonyl (C=O) groups is 1. The van der Waals surface area contributed by atoms with E-state index in [0.717, 1.165) is 24.1 Å². The highest BCUT2D eigenvalue weighted by molar-refractivity contribution is 5.97. The van der Waals surface area contributed by atoms with Gasteiger partial charge < -0.3 is 9.88 Å². The number of rotatable bonds is 2. The van der Waals surface area contributed by atoms with Crippen LogP contribution in [0.15, 0.2) is 24.5 Å². The summed E-state index contributed by atoms with van der Waals surface area (Å²) < 4.78 is 1.97. The van der Waals surface area contributed by atoms with E-state index in [4.69, 9.17) is 0 Å². The number of nitrogens with one attached hydrogen (secondary N) is 1. The Kier molecular flexibility index (Phi) is 4.34. The fourth-order valence-electron chi connectivity index (χ4n) is 4.38. The molecule has 1 N–H and O–H groups in total. The number of nitrogens with zero attached hydrogens (tertiary/aromatic N) is 3. The molecule has 5 nitrogen and oxygen atoms in total. The molecule has 0 saturated carbocycles. The Morgan fingerprint density at radius 1 is 1.29 bits per heavy atom. The van der Waals surface area contributed by atoms with E-state index in [1.165, 1.54) is 12.8 Å². The van der Waals surface area contributed by atoms with Gasteiger partial charge in [0, 0.05) is 24.2 Å². The molecule has 3 aliphatic rings. The summed E-state index contributed by atoms with van der Waals surface area (Å²) in [5, 5.41) is 3.31. The summed E-state index contributed by atoms with van der Waals surface area (Å²) in [6.07, 6.45) is 4.16. The molecule has 1 aromatic carbocycles.